The lowest BCUT2D eigenvalue weighted by molar-refractivity contribution is 0.343. The highest BCUT2D eigenvalue weighted by Gasteiger charge is 2.17. The van der Waals surface area contributed by atoms with Gasteiger partial charge in [0.25, 0.3) is 0 Å². The summed E-state index contributed by atoms with van der Waals surface area (Å²) in [6.07, 6.45) is 9.78. The van der Waals surface area contributed by atoms with E-state index < -0.39 is 0 Å². The molecule has 3 N–H and O–H groups in total. The van der Waals surface area contributed by atoms with E-state index in [1.165, 1.54) is 0 Å². The molecule has 1 aliphatic rings. The van der Waals surface area contributed by atoms with Crippen molar-refractivity contribution in [3.05, 3.63) is 60.1 Å². The van der Waals surface area contributed by atoms with Gasteiger partial charge in [0.2, 0.25) is 0 Å². The zero-order valence-corrected chi connectivity index (χ0v) is 16.6. The van der Waals surface area contributed by atoms with Crippen LogP contribution in [0.5, 0.6) is 0 Å². The van der Waals surface area contributed by atoms with E-state index >= 15 is 0 Å². The summed E-state index contributed by atoms with van der Waals surface area (Å²) in [6.45, 7) is 2.06. The topological polar surface area (TPSA) is 81.6 Å². The number of anilines is 1. The summed E-state index contributed by atoms with van der Waals surface area (Å²) in [5, 5.41) is 10.6. The smallest absolute Gasteiger partial charge is 0.132 e. The van der Waals surface area contributed by atoms with Gasteiger partial charge in [0, 0.05) is 51.1 Å². The first-order valence-electron chi connectivity index (χ1n) is 9.74. The number of pyridine rings is 2. The zero-order chi connectivity index (χ0) is 19.8. The van der Waals surface area contributed by atoms with Gasteiger partial charge in [-0.1, -0.05) is 23.7 Å². The van der Waals surface area contributed by atoms with E-state index in [1.54, 1.807) is 6.20 Å². The molecule has 1 saturated heterocycles. The lowest BCUT2D eigenvalue weighted by atomic mass is 10.0. The Balaban J connectivity index is 1.52. The quantitative estimate of drug-likeness (QED) is 0.531. The van der Waals surface area contributed by atoms with E-state index in [0.29, 0.717) is 16.9 Å². The Hall–Kier alpha value is -2.96. The van der Waals surface area contributed by atoms with E-state index in [1.807, 2.05) is 42.7 Å². The van der Waals surface area contributed by atoms with Gasteiger partial charge in [-0.15, -0.1) is 0 Å². The summed E-state index contributed by atoms with van der Waals surface area (Å²) >= 11 is 6.37. The number of fused-ring (bicyclic) bond motifs is 1. The maximum Gasteiger partial charge on any atom is 0.132 e. The van der Waals surface area contributed by atoms with Crippen LogP contribution in [0.4, 0.5) is 5.82 Å². The summed E-state index contributed by atoms with van der Waals surface area (Å²) in [5.41, 5.74) is 9.73. The predicted octanol–water partition coefficient (Wildman–Crippen LogP) is 4.32. The monoisotopic (exact) mass is 404 g/mol. The van der Waals surface area contributed by atoms with Gasteiger partial charge >= 0.3 is 0 Å². The molecule has 4 heterocycles. The molecule has 0 unspecified atom stereocenters. The number of benzene rings is 1. The highest BCUT2D eigenvalue weighted by atomic mass is 35.5. The van der Waals surface area contributed by atoms with Crippen molar-refractivity contribution < 1.29 is 0 Å². The van der Waals surface area contributed by atoms with E-state index in [9.17, 15) is 0 Å². The number of rotatable bonds is 3. The molecule has 1 fully saturated rings. The molecule has 0 aliphatic carbocycles. The minimum atomic E-state index is 0.440. The van der Waals surface area contributed by atoms with Gasteiger partial charge in [0.05, 0.1) is 17.9 Å². The van der Waals surface area contributed by atoms with E-state index in [4.69, 9.17) is 17.3 Å². The molecule has 3 aromatic heterocycles. The molecule has 146 valence electrons. The van der Waals surface area contributed by atoms with Crippen molar-refractivity contribution in [3.63, 3.8) is 0 Å². The molecule has 6 nitrogen and oxygen atoms in total. The summed E-state index contributed by atoms with van der Waals surface area (Å²) in [7, 11) is 0. The first-order chi connectivity index (χ1) is 14.2. The summed E-state index contributed by atoms with van der Waals surface area (Å²) in [5.74, 6) is 0.443. The molecular weight excluding hydrogens is 384 g/mol. The Bertz CT molecular complexity index is 1180. The first kappa shape index (κ1) is 18.1. The fraction of sp³-hybridized carbons (Fsp3) is 0.227. The fourth-order valence-electron chi connectivity index (χ4n) is 3.88. The Morgan fingerprint density at radius 2 is 1.90 bits per heavy atom. The van der Waals surface area contributed by atoms with Crippen LogP contribution in [-0.2, 0) is 0 Å². The van der Waals surface area contributed by atoms with Crippen LogP contribution in [-0.4, -0.2) is 32.8 Å². The standard InChI is InChI=1S/C22H21ClN6/c23-20-3-1-2-14-10-26-21(9-18(14)20)19-8-15(11-27-22(19)24)16-12-28-29(13-16)17-4-6-25-7-5-17/h1-3,8-13,17,25H,4-7H2,(H2,24,27). The molecule has 1 aromatic carbocycles. The van der Waals surface area contributed by atoms with Crippen molar-refractivity contribution in [3.8, 4) is 22.4 Å². The van der Waals surface area contributed by atoms with Crippen LogP contribution >= 0.6 is 11.6 Å². The van der Waals surface area contributed by atoms with Crippen LogP contribution in [0.2, 0.25) is 5.02 Å². The van der Waals surface area contributed by atoms with Gasteiger partial charge in [-0.05, 0) is 44.1 Å². The first-order valence-corrected chi connectivity index (χ1v) is 10.1. The maximum atomic E-state index is 6.37. The minimum Gasteiger partial charge on any atom is -0.383 e. The Labute approximate surface area is 173 Å². The van der Waals surface area contributed by atoms with E-state index in [-0.39, 0.29) is 0 Å². The van der Waals surface area contributed by atoms with Crippen LogP contribution in [0.3, 0.4) is 0 Å². The minimum absolute atomic E-state index is 0.440. The molecule has 4 aromatic rings. The number of nitrogens with two attached hydrogens (primary N) is 1. The third-order valence-corrected chi connectivity index (χ3v) is 5.85. The number of hydrogen-bond donors (Lipinski definition) is 2. The van der Waals surface area contributed by atoms with Gasteiger partial charge < -0.3 is 11.1 Å². The van der Waals surface area contributed by atoms with Gasteiger partial charge in [-0.25, -0.2) is 4.98 Å². The summed E-state index contributed by atoms with van der Waals surface area (Å²) in [6, 6.07) is 10.2. The van der Waals surface area contributed by atoms with Crippen LogP contribution in [0.15, 0.2) is 55.1 Å². The number of piperidine rings is 1. The van der Waals surface area contributed by atoms with Crippen LogP contribution in [0, 0.1) is 0 Å². The SMILES string of the molecule is Nc1ncc(-c2cnn(C3CCNCC3)c2)cc1-c1cc2c(Cl)cccc2cn1. The summed E-state index contributed by atoms with van der Waals surface area (Å²) in [4.78, 5) is 9.00. The number of aromatic nitrogens is 4. The zero-order valence-electron chi connectivity index (χ0n) is 15.8. The summed E-state index contributed by atoms with van der Waals surface area (Å²) < 4.78 is 2.07. The highest BCUT2D eigenvalue weighted by Crippen LogP contribution is 2.32. The van der Waals surface area contributed by atoms with Gasteiger partial charge in [0.1, 0.15) is 5.82 Å². The fourth-order valence-corrected chi connectivity index (χ4v) is 4.11. The highest BCUT2D eigenvalue weighted by molar-refractivity contribution is 6.35. The third kappa shape index (κ3) is 3.45. The van der Waals surface area contributed by atoms with Crippen molar-refractivity contribution in [2.24, 2.45) is 0 Å². The number of hydrogen-bond acceptors (Lipinski definition) is 5. The van der Waals surface area contributed by atoms with Crippen molar-refractivity contribution in [2.45, 2.75) is 18.9 Å². The van der Waals surface area contributed by atoms with Crippen molar-refractivity contribution in [2.75, 3.05) is 18.8 Å². The third-order valence-electron chi connectivity index (χ3n) is 5.52. The lowest BCUT2D eigenvalue weighted by Gasteiger charge is -2.22. The largest absolute Gasteiger partial charge is 0.383 e. The van der Waals surface area contributed by atoms with Crippen LogP contribution in [0.1, 0.15) is 18.9 Å². The number of nitrogen functional groups attached to an aromatic ring is 1. The Morgan fingerprint density at radius 3 is 2.76 bits per heavy atom. The van der Waals surface area contributed by atoms with E-state index in [0.717, 1.165) is 59.1 Å². The predicted molar refractivity (Wildman–Crippen MR) is 117 cm³/mol. The van der Waals surface area contributed by atoms with Crippen LogP contribution < -0.4 is 11.1 Å². The number of nitrogens with zero attached hydrogens (tertiary/aromatic N) is 4. The average molecular weight is 405 g/mol. The second-order valence-corrected chi connectivity index (χ2v) is 7.78. The maximum absolute atomic E-state index is 6.37. The Kier molecular flexibility index (Phi) is 4.66. The molecule has 0 amide bonds. The molecule has 0 atom stereocenters. The molecule has 5 rings (SSSR count). The molecule has 1 aliphatic heterocycles. The van der Waals surface area contributed by atoms with Gasteiger partial charge in [0.15, 0.2) is 0 Å². The molecular formula is C22H21ClN6. The molecule has 0 spiro atoms. The molecule has 7 heteroatoms. The van der Waals surface area contributed by atoms with Crippen LogP contribution in [0.25, 0.3) is 33.2 Å². The van der Waals surface area contributed by atoms with E-state index in [2.05, 4.69) is 31.3 Å². The second kappa shape index (κ2) is 7.46. The van der Waals surface area contributed by atoms with Crippen molar-refractivity contribution >= 4 is 28.2 Å². The molecule has 0 radical (unpaired) electrons. The van der Waals surface area contributed by atoms with Gasteiger partial charge in [-0.2, -0.15) is 5.10 Å². The number of nitrogens with one attached hydrogen (secondary N) is 1. The average Bonchev–Trinajstić information content (AvgIpc) is 3.25. The second-order valence-electron chi connectivity index (χ2n) is 7.38. The molecule has 0 bridgehead atoms. The Morgan fingerprint density at radius 1 is 1.03 bits per heavy atom. The lowest BCUT2D eigenvalue weighted by Crippen LogP contribution is -2.29. The number of halogens is 1. The normalized spacial score (nSPS) is 15.1. The van der Waals surface area contributed by atoms with Crippen molar-refractivity contribution in [1.82, 2.24) is 25.1 Å². The van der Waals surface area contributed by atoms with Crippen molar-refractivity contribution in [1.29, 1.82) is 0 Å². The molecule has 0 saturated carbocycles. The van der Waals surface area contributed by atoms with Gasteiger partial charge in [-0.3, -0.25) is 9.67 Å². The molecule has 29 heavy (non-hydrogen) atoms.